The molecule has 0 aromatic heterocycles. The van der Waals surface area contributed by atoms with E-state index >= 15 is 0 Å². The second kappa shape index (κ2) is 5.29. The summed E-state index contributed by atoms with van der Waals surface area (Å²) in [7, 11) is -3.85. The Morgan fingerprint density at radius 1 is 1.05 bits per heavy atom. The predicted molar refractivity (Wildman–Crippen MR) is 79.2 cm³/mol. The van der Waals surface area contributed by atoms with Crippen LogP contribution in [0.3, 0.4) is 0 Å². The molecular formula is C12H12N4O4S. The molecule has 110 valence electrons. The summed E-state index contributed by atoms with van der Waals surface area (Å²) in [6.07, 6.45) is 0. The summed E-state index contributed by atoms with van der Waals surface area (Å²) in [5.74, 6) is 0. The van der Waals surface area contributed by atoms with Gasteiger partial charge in [0.25, 0.3) is 15.7 Å². The van der Waals surface area contributed by atoms with E-state index in [0.29, 0.717) is 5.69 Å². The van der Waals surface area contributed by atoms with Crippen LogP contribution in [0.2, 0.25) is 0 Å². The molecule has 0 amide bonds. The first-order valence-electron chi connectivity index (χ1n) is 5.72. The molecular weight excluding hydrogens is 296 g/mol. The van der Waals surface area contributed by atoms with Crippen LogP contribution in [-0.4, -0.2) is 13.3 Å². The second-order valence-electron chi connectivity index (χ2n) is 4.21. The van der Waals surface area contributed by atoms with E-state index in [2.05, 4.69) is 4.72 Å². The number of nitrogens with two attached hydrogens (primary N) is 2. The number of anilines is 3. The number of nitrogen functional groups attached to an aromatic ring is 2. The van der Waals surface area contributed by atoms with Crippen LogP contribution in [0.15, 0.2) is 47.4 Å². The summed E-state index contributed by atoms with van der Waals surface area (Å²) in [6.45, 7) is 0. The van der Waals surface area contributed by atoms with E-state index in [1.807, 2.05) is 0 Å². The zero-order chi connectivity index (χ0) is 15.6. The van der Waals surface area contributed by atoms with Gasteiger partial charge in [0.2, 0.25) is 0 Å². The van der Waals surface area contributed by atoms with Gasteiger partial charge >= 0.3 is 0 Å². The maximum Gasteiger partial charge on any atom is 0.294 e. The van der Waals surface area contributed by atoms with Crippen molar-refractivity contribution in [3.8, 4) is 0 Å². The van der Waals surface area contributed by atoms with Crippen molar-refractivity contribution in [2.75, 3.05) is 16.2 Å². The monoisotopic (exact) mass is 308 g/mol. The summed E-state index contributed by atoms with van der Waals surface area (Å²) >= 11 is 0. The molecule has 2 aromatic carbocycles. The Bertz CT molecular complexity index is 787. The predicted octanol–water partition coefficient (Wildman–Crippen LogP) is 1.56. The molecule has 0 saturated carbocycles. The number of hydrogen-bond donors (Lipinski definition) is 3. The summed E-state index contributed by atoms with van der Waals surface area (Å²) in [5.41, 5.74) is 11.0. The Balaban J connectivity index is 2.35. The second-order valence-corrected chi connectivity index (χ2v) is 5.89. The van der Waals surface area contributed by atoms with Gasteiger partial charge in [0.15, 0.2) is 0 Å². The fourth-order valence-corrected chi connectivity index (χ4v) is 2.68. The lowest BCUT2D eigenvalue weighted by Crippen LogP contribution is -2.13. The van der Waals surface area contributed by atoms with Crippen molar-refractivity contribution in [3.05, 3.63) is 52.6 Å². The van der Waals surface area contributed by atoms with Crippen molar-refractivity contribution in [2.45, 2.75) is 4.90 Å². The number of hydrogen-bond acceptors (Lipinski definition) is 6. The summed E-state index contributed by atoms with van der Waals surface area (Å²) in [4.78, 5) is 10.1. The molecule has 0 aliphatic carbocycles. The number of nitrogens with one attached hydrogen (secondary N) is 1. The molecule has 9 heteroatoms. The Morgan fingerprint density at radius 2 is 1.67 bits per heavy atom. The van der Waals surface area contributed by atoms with Gasteiger partial charge in [0, 0.05) is 11.8 Å². The van der Waals surface area contributed by atoms with E-state index in [1.54, 1.807) is 0 Å². The van der Waals surface area contributed by atoms with E-state index in [9.17, 15) is 18.5 Å². The van der Waals surface area contributed by atoms with Crippen molar-refractivity contribution in [2.24, 2.45) is 0 Å². The smallest absolute Gasteiger partial charge is 0.294 e. The number of benzene rings is 2. The Labute approximate surface area is 120 Å². The van der Waals surface area contributed by atoms with Crippen LogP contribution >= 0.6 is 0 Å². The zero-order valence-corrected chi connectivity index (χ0v) is 11.5. The van der Waals surface area contributed by atoms with Crippen molar-refractivity contribution in [1.29, 1.82) is 0 Å². The third kappa shape index (κ3) is 3.20. The highest BCUT2D eigenvalue weighted by molar-refractivity contribution is 7.92. The first-order valence-corrected chi connectivity index (χ1v) is 7.20. The van der Waals surface area contributed by atoms with Gasteiger partial charge in [0.1, 0.15) is 5.69 Å². The fraction of sp³-hybridized carbons (Fsp3) is 0. The molecule has 21 heavy (non-hydrogen) atoms. The van der Waals surface area contributed by atoms with E-state index in [-0.39, 0.29) is 22.0 Å². The average Bonchev–Trinajstić information content (AvgIpc) is 2.41. The van der Waals surface area contributed by atoms with Crippen LogP contribution in [0.1, 0.15) is 0 Å². The minimum Gasteiger partial charge on any atom is -0.399 e. The topological polar surface area (TPSA) is 141 Å². The third-order valence-electron chi connectivity index (χ3n) is 2.67. The van der Waals surface area contributed by atoms with Crippen molar-refractivity contribution >= 4 is 32.8 Å². The first kappa shape index (κ1) is 14.6. The van der Waals surface area contributed by atoms with Crippen LogP contribution in [0.4, 0.5) is 22.7 Å². The van der Waals surface area contributed by atoms with Crippen molar-refractivity contribution in [3.63, 3.8) is 0 Å². The van der Waals surface area contributed by atoms with Crippen LogP contribution in [-0.2, 0) is 10.0 Å². The van der Waals surface area contributed by atoms with Crippen molar-refractivity contribution < 1.29 is 13.3 Å². The van der Waals surface area contributed by atoms with Crippen LogP contribution < -0.4 is 16.2 Å². The van der Waals surface area contributed by atoms with Gasteiger partial charge in [-0.1, -0.05) is 0 Å². The van der Waals surface area contributed by atoms with Gasteiger partial charge in [-0.3, -0.25) is 14.8 Å². The van der Waals surface area contributed by atoms with Gasteiger partial charge < -0.3 is 11.5 Å². The quantitative estimate of drug-likeness (QED) is 0.444. The zero-order valence-electron chi connectivity index (χ0n) is 10.7. The Morgan fingerprint density at radius 3 is 2.24 bits per heavy atom. The molecule has 0 unspecified atom stereocenters. The fourth-order valence-electron chi connectivity index (χ4n) is 1.63. The van der Waals surface area contributed by atoms with Crippen LogP contribution in [0.25, 0.3) is 0 Å². The molecule has 0 saturated heterocycles. The lowest BCUT2D eigenvalue weighted by Gasteiger charge is -2.08. The molecule has 0 fully saturated rings. The molecule has 2 rings (SSSR count). The number of rotatable bonds is 4. The SMILES string of the molecule is Nc1ccc(S(=O)(=O)Nc2ccc(N)c([N+](=O)[O-])c2)cc1. The highest BCUT2D eigenvalue weighted by Crippen LogP contribution is 2.26. The minimum absolute atomic E-state index is 0.00354. The van der Waals surface area contributed by atoms with E-state index < -0.39 is 14.9 Å². The average molecular weight is 308 g/mol. The largest absolute Gasteiger partial charge is 0.399 e. The summed E-state index contributed by atoms with van der Waals surface area (Å²) in [5, 5.41) is 10.8. The van der Waals surface area contributed by atoms with Gasteiger partial charge in [-0.2, -0.15) is 0 Å². The van der Waals surface area contributed by atoms with Gasteiger partial charge in [-0.25, -0.2) is 8.42 Å². The molecule has 0 aliphatic heterocycles. The van der Waals surface area contributed by atoms with E-state index in [4.69, 9.17) is 11.5 Å². The van der Waals surface area contributed by atoms with Crippen molar-refractivity contribution in [1.82, 2.24) is 0 Å². The molecule has 2 aromatic rings. The van der Waals surface area contributed by atoms with Crippen LogP contribution in [0, 0.1) is 10.1 Å². The standard InChI is InChI=1S/C12H12N4O4S/c13-8-1-4-10(5-2-8)21(19,20)15-9-3-6-11(14)12(7-9)16(17)18/h1-7,15H,13-14H2. The molecule has 5 N–H and O–H groups in total. The maximum absolute atomic E-state index is 12.1. The maximum atomic E-state index is 12.1. The Hall–Kier alpha value is -2.81. The minimum atomic E-state index is -3.85. The first-order chi connectivity index (χ1) is 9.79. The highest BCUT2D eigenvalue weighted by Gasteiger charge is 2.17. The molecule has 0 atom stereocenters. The van der Waals surface area contributed by atoms with Gasteiger partial charge in [-0.15, -0.1) is 0 Å². The van der Waals surface area contributed by atoms with Gasteiger partial charge in [-0.05, 0) is 36.4 Å². The molecule has 0 radical (unpaired) electrons. The normalized spacial score (nSPS) is 11.0. The van der Waals surface area contributed by atoms with E-state index in [1.165, 1.54) is 36.4 Å². The number of nitro groups is 1. The van der Waals surface area contributed by atoms with Gasteiger partial charge in [0.05, 0.1) is 15.5 Å². The molecule has 0 bridgehead atoms. The molecule has 0 heterocycles. The van der Waals surface area contributed by atoms with E-state index in [0.717, 1.165) is 6.07 Å². The highest BCUT2D eigenvalue weighted by atomic mass is 32.2. The lowest BCUT2D eigenvalue weighted by atomic mass is 10.2. The number of nitro benzene ring substituents is 1. The number of sulfonamides is 1. The lowest BCUT2D eigenvalue weighted by molar-refractivity contribution is -0.383. The number of nitrogens with zero attached hydrogens (tertiary/aromatic N) is 1. The Kier molecular flexibility index (Phi) is 3.68. The molecule has 8 nitrogen and oxygen atoms in total. The van der Waals surface area contributed by atoms with Crippen LogP contribution in [0.5, 0.6) is 0 Å². The summed E-state index contributed by atoms with van der Waals surface area (Å²) in [6, 6.07) is 9.23. The summed E-state index contributed by atoms with van der Waals surface area (Å²) < 4.78 is 26.5. The molecule has 0 aliphatic rings. The third-order valence-corrected chi connectivity index (χ3v) is 4.07. The molecule has 0 spiro atoms.